The molecule has 278 valence electrons. The number of nitrogens with zero attached hydrogens (tertiary/aromatic N) is 2. The summed E-state index contributed by atoms with van der Waals surface area (Å²) in [5.74, 6) is 0. The maximum Gasteiger partial charge on any atom is 0.0541 e. The second-order valence-corrected chi connectivity index (χ2v) is 16.6. The number of benzene rings is 9. The lowest BCUT2D eigenvalue weighted by Crippen LogP contribution is -2.16. The van der Waals surface area contributed by atoms with Crippen molar-refractivity contribution in [3.8, 4) is 61.3 Å². The Morgan fingerprint density at radius 3 is 1.64 bits per heavy atom. The van der Waals surface area contributed by atoms with Crippen LogP contribution in [0.5, 0.6) is 0 Å². The first-order valence-electron chi connectivity index (χ1n) is 20.6. The molecule has 0 aliphatic heterocycles. The van der Waals surface area contributed by atoms with Gasteiger partial charge in [-0.05, 0) is 139 Å². The Balaban J connectivity index is 0.915. The van der Waals surface area contributed by atoms with E-state index in [-0.39, 0.29) is 5.41 Å². The Bertz CT molecular complexity index is 3280. The Morgan fingerprint density at radius 2 is 0.915 bits per heavy atom. The summed E-state index contributed by atoms with van der Waals surface area (Å²) in [6.07, 6.45) is 2.36. The van der Waals surface area contributed by atoms with Gasteiger partial charge in [-0.2, -0.15) is 0 Å². The van der Waals surface area contributed by atoms with E-state index < -0.39 is 0 Å². The molecule has 59 heavy (non-hydrogen) atoms. The third-order valence-corrected chi connectivity index (χ3v) is 13.0. The standard InChI is InChI=1S/C57H40N2/c1-57(2)53-21-11-10-19-47(53)48-32-31-44(35-54(48)57)59(42-15-4-3-5-16-42)43-29-25-38(26-30-43)37-23-27-41(28-24-37)58-36-52-51-34-40-14-7-6-13-39(40)33-50(51)46-18-9-8-17-45(46)49-20-12-22-55(58)56(49)52/h3-36H,1-2H3. The molecule has 2 nitrogen and oxygen atoms in total. The maximum atomic E-state index is 2.40. The van der Waals surface area contributed by atoms with Gasteiger partial charge in [-0.15, -0.1) is 0 Å². The second kappa shape index (κ2) is 12.8. The number of rotatable bonds is 5. The molecule has 0 saturated heterocycles. The third kappa shape index (κ3) is 5.13. The summed E-state index contributed by atoms with van der Waals surface area (Å²) >= 11 is 0. The van der Waals surface area contributed by atoms with Crippen molar-refractivity contribution in [1.29, 1.82) is 0 Å². The van der Waals surface area contributed by atoms with Gasteiger partial charge in [0.05, 0.1) is 5.52 Å². The van der Waals surface area contributed by atoms with Crippen LogP contribution in [0.4, 0.5) is 17.1 Å². The molecule has 2 aliphatic rings. The van der Waals surface area contributed by atoms with Crippen LogP contribution in [0.15, 0.2) is 206 Å². The van der Waals surface area contributed by atoms with Gasteiger partial charge in [0.15, 0.2) is 0 Å². The fourth-order valence-electron chi connectivity index (χ4n) is 10.0. The molecule has 0 amide bonds. The normalized spacial score (nSPS) is 13.1. The fraction of sp³-hybridized carbons (Fsp3) is 0.0526. The molecule has 0 radical (unpaired) electrons. The number of hydrogen-bond donors (Lipinski definition) is 0. The van der Waals surface area contributed by atoms with E-state index in [2.05, 4.69) is 230 Å². The van der Waals surface area contributed by atoms with Crippen molar-refractivity contribution in [1.82, 2.24) is 4.57 Å². The summed E-state index contributed by atoms with van der Waals surface area (Å²) in [6, 6.07) is 73.8. The van der Waals surface area contributed by atoms with Crippen molar-refractivity contribution in [3.63, 3.8) is 0 Å². The van der Waals surface area contributed by atoms with Gasteiger partial charge in [-0.1, -0.05) is 147 Å². The number of hydrogen-bond acceptors (Lipinski definition) is 1. The number of aromatic nitrogens is 1. The highest BCUT2D eigenvalue weighted by molar-refractivity contribution is 6.15. The van der Waals surface area contributed by atoms with Gasteiger partial charge >= 0.3 is 0 Å². The lowest BCUT2D eigenvalue weighted by atomic mass is 9.82. The molecule has 2 heteroatoms. The summed E-state index contributed by atoms with van der Waals surface area (Å²) in [4.78, 5) is 2.38. The monoisotopic (exact) mass is 752 g/mol. The van der Waals surface area contributed by atoms with Gasteiger partial charge < -0.3 is 9.47 Å². The molecule has 0 N–H and O–H groups in total. The van der Waals surface area contributed by atoms with Crippen molar-refractivity contribution in [2.45, 2.75) is 19.3 Å². The molecule has 10 aromatic rings. The maximum absolute atomic E-state index is 2.40. The predicted octanol–water partition coefficient (Wildman–Crippen LogP) is 15.5. The van der Waals surface area contributed by atoms with Crippen LogP contribution in [0, 0.1) is 0 Å². The molecule has 0 unspecified atom stereocenters. The minimum absolute atomic E-state index is 0.0720. The minimum atomic E-state index is -0.0720. The molecule has 1 aromatic heterocycles. The quantitative estimate of drug-likeness (QED) is 0.170. The lowest BCUT2D eigenvalue weighted by Gasteiger charge is -2.28. The SMILES string of the molecule is CC1(C)c2ccccc2-c2ccc(N(c3ccccc3)c3ccc(-c4ccc(-n5cc6c7c(cccc75)-c5ccccc5-c5cc7ccccc7cc5-6)cc4)cc3)cc21. The summed E-state index contributed by atoms with van der Waals surface area (Å²) in [7, 11) is 0. The Labute approximate surface area is 344 Å². The van der Waals surface area contributed by atoms with Crippen LogP contribution in [0.1, 0.15) is 25.0 Å². The van der Waals surface area contributed by atoms with Crippen molar-refractivity contribution in [2.24, 2.45) is 0 Å². The average molecular weight is 753 g/mol. The average Bonchev–Trinajstić information content (AvgIpc) is 3.75. The van der Waals surface area contributed by atoms with Crippen molar-refractivity contribution in [2.75, 3.05) is 4.90 Å². The third-order valence-electron chi connectivity index (χ3n) is 13.0. The van der Waals surface area contributed by atoms with Crippen LogP contribution in [0.25, 0.3) is 83.0 Å². The number of fused-ring (bicyclic) bond motifs is 9. The van der Waals surface area contributed by atoms with E-state index in [0.717, 1.165) is 22.7 Å². The van der Waals surface area contributed by atoms with Crippen molar-refractivity contribution in [3.05, 3.63) is 218 Å². The Hall–Kier alpha value is -7.42. The smallest absolute Gasteiger partial charge is 0.0541 e. The molecule has 1 heterocycles. The number of para-hydroxylation sites is 1. The molecule has 2 aliphatic carbocycles. The van der Waals surface area contributed by atoms with E-state index in [0.29, 0.717) is 0 Å². The van der Waals surface area contributed by atoms with Crippen LogP contribution in [-0.4, -0.2) is 4.57 Å². The largest absolute Gasteiger partial charge is 0.316 e. The zero-order valence-corrected chi connectivity index (χ0v) is 33.0. The molecular formula is C57H40N2. The van der Waals surface area contributed by atoms with E-state index in [9.17, 15) is 0 Å². The van der Waals surface area contributed by atoms with E-state index in [1.165, 1.54) is 88.4 Å². The van der Waals surface area contributed by atoms with Gasteiger partial charge in [0.1, 0.15) is 0 Å². The van der Waals surface area contributed by atoms with Gasteiger partial charge in [0.2, 0.25) is 0 Å². The molecule has 12 rings (SSSR count). The molecule has 0 saturated carbocycles. The summed E-state index contributed by atoms with van der Waals surface area (Å²) in [6.45, 7) is 4.70. The predicted molar refractivity (Wildman–Crippen MR) is 248 cm³/mol. The fourth-order valence-corrected chi connectivity index (χ4v) is 10.0. The lowest BCUT2D eigenvalue weighted by molar-refractivity contribution is 0.660. The first-order valence-corrected chi connectivity index (χ1v) is 20.6. The van der Waals surface area contributed by atoms with Crippen LogP contribution in [-0.2, 0) is 5.41 Å². The molecule has 9 aromatic carbocycles. The molecule has 0 bridgehead atoms. The molecule has 0 atom stereocenters. The Morgan fingerprint density at radius 1 is 0.373 bits per heavy atom. The minimum Gasteiger partial charge on any atom is -0.316 e. The first kappa shape index (κ1) is 33.7. The zero-order chi connectivity index (χ0) is 39.2. The summed E-state index contributed by atoms with van der Waals surface area (Å²) in [5, 5.41) is 3.82. The van der Waals surface area contributed by atoms with Crippen molar-refractivity contribution >= 4 is 38.7 Å². The van der Waals surface area contributed by atoms with Gasteiger partial charge in [-0.3, -0.25) is 0 Å². The van der Waals surface area contributed by atoms with Crippen molar-refractivity contribution < 1.29 is 0 Å². The highest BCUT2D eigenvalue weighted by Gasteiger charge is 2.35. The summed E-state index contributed by atoms with van der Waals surface area (Å²) in [5.41, 5.74) is 21.2. The van der Waals surface area contributed by atoms with Crippen LogP contribution in [0.3, 0.4) is 0 Å². The van der Waals surface area contributed by atoms with E-state index in [4.69, 9.17) is 0 Å². The second-order valence-electron chi connectivity index (χ2n) is 16.6. The van der Waals surface area contributed by atoms with Gasteiger partial charge in [0.25, 0.3) is 0 Å². The van der Waals surface area contributed by atoms with Crippen LogP contribution < -0.4 is 4.90 Å². The number of anilines is 3. The van der Waals surface area contributed by atoms with Gasteiger partial charge in [0, 0.05) is 45.3 Å². The van der Waals surface area contributed by atoms with E-state index in [1.807, 2.05) is 0 Å². The molecule has 0 spiro atoms. The first-order chi connectivity index (χ1) is 29.0. The van der Waals surface area contributed by atoms with Crippen LogP contribution in [0.2, 0.25) is 0 Å². The Kier molecular flexibility index (Phi) is 7.31. The summed E-state index contributed by atoms with van der Waals surface area (Å²) < 4.78 is 2.38. The zero-order valence-electron chi connectivity index (χ0n) is 33.0. The van der Waals surface area contributed by atoms with E-state index in [1.54, 1.807) is 0 Å². The van der Waals surface area contributed by atoms with Gasteiger partial charge in [-0.25, -0.2) is 0 Å². The molecule has 0 fully saturated rings. The topological polar surface area (TPSA) is 8.17 Å². The highest BCUT2D eigenvalue weighted by Crippen LogP contribution is 2.52. The van der Waals surface area contributed by atoms with E-state index >= 15 is 0 Å². The highest BCUT2D eigenvalue weighted by atomic mass is 15.1. The van der Waals surface area contributed by atoms with Crippen LogP contribution >= 0.6 is 0 Å². The molecular weight excluding hydrogens is 713 g/mol.